The van der Waals surface area contributed by atoms with Gasteiger partial charge in [0.05, 0.1) is 0 Å². The molecule has 0 aliphatic carbocycles. The van der Waals surface area contributed by atoms with Crippen molar-refractivity contribution in [1.29, 1.82) is 0 Å². The third-order valence-corrected chi connectivity index (χ3v) is 2.66. The number of carboxylic acids is 1. The van der Waals surface area contributed by atoms with Crippen LogP contribution in [-0.2, 0) is 32.7 Å². The molecule has 0 amide bonds. The van der Waals surface area contributed by atoms with Crippen LogP contribution in [0, 0.1) is 6.07 Å². The van der Waals surface area contributed by atoms with E-state index in [-0.39, 0.29) is 38.5 Å². The summed E-state index contributed by atoms with van der Waals surface area (Å²) in [6.07, 6.45) is 2.98. The van der Waals surface area contributed by atoms with E-state index in [9.17, 15) is 9.90 Å². The van der Waals surface area contributed by atoms with Crippen molar-refractivity contribution in [1.82, 2.24) is 4.98 Å². The Morgan fingerprint density at radius 2 is 2.05 bits per heavy atom. The van der Waals surface area contributed by atoms with Gasteiger partial charge in [0, 0.05) is 44.1 Å². The van der Waals surface area contributed by atoms with Crippen LogP contribution in [0.3, 0.4) is 0 Å². The van der Waals surface area contributed by atoms with Crippen molar-refractivity contribution in [2.75, 3.05) is 5.32 Å². The number of benzene rings is 1. The summed E-state index contributed by atoms with van der Waals surface area (Å²) in [4.78, 5) is 15.2. The first-order valence-corrected chi connectivity index (χ1v) is 5.59. The van der Waals surface area contributed by atoms with Gasteiger partial charge in [-0.3, -0.25) is 0 Å². The molecular formula is C14H9N2O3Y-. The van der Waals surface area contributed by atoms with Crippen molar-refractivity contribution in [2.45, 2.75) is 0 Å². The minimum Gasteiger partial charge on any atom is -0.487 e. The normalized spacial score (nSPS) is 10.0. The summed E-state index contributed by atoms with van der Waals surface area (Å²) in [5.74, 6) is -1.29. The van der Waals surface area contributed by atoms with Gasteiger partial charge in [-0.2, -0.15) is 6.07 Å². The molecule has 6 heteroatoms. The zero-order valence-electron chi connectivity index (χ0n) is 10.3. The molecule has 0 atom stereocenters. The second kappa shape index (κ2) is 6.16. The number of hydrogen-bond acceptors (Lipinski definition) is 4. The topological polar surface area (TPSA) is 75.4 Å². The molecule has 0 saturated heterocycles. The predicted molar refractivity (Wildman–Crippen MR) is 69.5 cm³/mol. The van der Waals surface area contributed by atoms with Crippen molar-refractivity contribution in [2.24, 2.45) is 0 Å². The number of para-hydroxylation sites is 1. The van der Waals surface area contributed by atoms with E-state index >= 15 is 0 Å². The van der Waals surface area contributed by atoms with Crippen LogP contribution in [0.15, 0.2) is 47.1 Å². The van der Waals surface area contributed by atoms with Gasteiger partial charge in [-0.15, -0.1) is 0 Å². The predicted octanol–water partition coefficient (Wildman–Crippen LogP) is 3.07. The number of pyridine rings is 1. The SMILES string of the molecule is O=C(O)c1oc2[c-]cncc2c1Nc1ccccc1.[Y]. The summed E-state index contributed by atoms with van der Waals surface area (Å²) < 4.78 is 5.28. The third-order valence-electron chi connectivity index (χ3n) is 2.66. The van der Waals surface area contributed by atoms with E-state index in [0.29, 0.717) is 16.7 Å². The number of furan rings is 1. The van der Waals surface area contributed by atoms with Gasteiger partial charge in [0.25, 0.3) is 0 Å². The Morgan fingerprint density at radius 3 is 2.75 bits per heavy atom. The maximum Gasteiger partial charge on any atom is 0.372 e. The fourth-order valence-corrected chi connectivity index (χ4v) is 1.82. The van der Waals surface area contributed by atoms with Crippen molar-refractivity contribution < 1.29 is 47.0 Å². The molecule has 1 radical (unpaired) electrons. The van der Waals surface area contributed by atoms with Gasteiger partial charge >= 0.3 is 5.97 Å². The third kappa shape index (κ3) is 2.74. The van der Waals surface area contributed by atoms with Gasteiger partial charge in [0.1, 0.15) is 0 Å². The molecule has 97 valence electrons. The number of aromatic nitrogens is 1. The molecular weight excluding hydrogens is 333 g/mol. The van der Waals surface area contributed by atoms with E-state index in [4.69, 9.17) is 4.42 Å². The maximum atomic E-state index is 11.2. The Morgan fingerprint density at radius 1 is 1.30 bits per heavy atom. The molecule has 3 aromatic rings. The van der Waals surface area contributed by atoms with Gasteiger partial charge < -0.3 is 19.8 Å². The van der Waals surface area contributed by atoms with Gasteiger partial charge in [0.15, 0.2) is 0 Å². The Balaban J connectivity index is 0.00000147. The van der Waals surface area contributed by atoms with Crippen LogP contribution in [0.2, 0.25) is 0 Å². The van der Waals surface area contributed by atoms with Crippen molar-refractivity contribution in [3.05, 3.63) is 54.6 Å². The first-order chi connectivity index (χ1) is 9.25. The fraction of sp³-hybridized carbons (Fsp3) is 0. The molecule has 2 aromatic heterocycles. The Hall–Kier alpha value is -1.72. The van der Waals surface area contributed by atoms with E-state index in [0.717, 1.165) is 5.69 Å². The first kappa shape index (κ1) is 14.7. The zero-order valence-corrected chi connectivity index (χ0v) is 13.2. The molecule has 0 unspecified atom stereocenters. The smallest absolute Gasteiger partial charge is 0.372 e. The van der Waals surface area contributed by atoms with Crippen molar-refractivity contribution >= 4 is 28.3 Å². The summed E-state index contributed by atoms with van der Waals surface area (Å²) >= 11 is 0. The summed E-state index contributed by atoms with van der Waals surface area (Å²) in [5.41, 5.74) is 1.53. The molecule has 0 bridgehead atoms. The molecule has 5 nitrogen and oxygen atoms in total. The molecule has 1 aromatic carbocycles. The van der Waals surface area contributed by atoms with Crippen molar-refractivity contribution in [3.63, 3.8) is 0 Å². The number of nitrogens with zero attached hydrogens (tertiary/aromatic N) is 1. The van der Waals surface area contributed by atoms with Crippen LogP contribution < -0.4 is 5.32 Å². The fourth-order valence-electron chi connectivity index (χ4n) is 1.82. The Labute approximate surface area is 139 Å². The largest absolute Gasteiger partial charge is 0.487 e. The molecule has 0 aliphatic heterocycles. The average Bonchev–Trinajstić information content (AvgIpc) is 2.79. The molecule has 0 saturated carbocycles. The molecule has 0 spiro atoms. The second-order valence-corrected chi connectivity index (χ2v) is 3.90. The molecule has 0 fully saturated rings. The number of carbonyl (C=O) groups is 1. The van der Waals surface area contributed by atoms with Gasteiger partial charge in [-0.1, -0.05) is 29.8 Å². The van der Waals surface area contributed by atoms with Gasteiger partial charge in [-0.05, 0) is 23.9 Å². The molecule has 3 rings (SSSR count). The van der Waals surface area contributed by atoms with E-state index in [1.54, 1.807) is 6.20 Å². The van der Waals surface area contributed by atoms with Gasteiger partial charge in [0.2, 0.25) is 5.76 Å². The molecule has 0 aliphatic rings. The Bertz CT molecular complexity index is 741. The second-order valence-electron chi connectivity index (χ2n) is 3.90. The minimum absolute atomic E-state index is 0. The standard InChI is InChI=1S/C14H9N2O3.Y/c17-14(18)13-12(16-9-4-2-1-3-5-9)10-8-15-7-6-11(10)19-13;/h1-5,7-8,16H,(H,17,18);/q-1;. The first-order valence-electron chi connectivity index (χ1n) is 5.59. The number of nitrogens with one attached hydrogen (secondary N) is 1. The van der Waals surface area contributed by atoms with Crippen LogP contribution in [0.4, 0.5) is 11.4 Å². The average molecular weight is 342 g/mol. The van der Waals surface area contributed by atoms with Crippen LogP contribution in [-0.4, -0.2) is 16.1 Å². The van der Waals surface area contributed by atoms with Crippen LogP contribution in [0.5, 0.6) is 0 Å². The number of anilines is 2. The maximum absolute atomic E-state index is 11.2. The molecule has 20 heavy (non-hydrogen) atoms. The summed E-state index contributed by atoms with van der Waals surface area (Å²) in [6.45, 7) is 0. The van der Waals surface area contributed by atoms with E-state index in [2.05, 4.69) is 16.4 Å². The van der Waals surface area contributed by atoms with E-state index < -0.39 is 5.97 Å². The summed E-state index contributed by atoms with van der Waals surface area (Å²) in [5, 5.41) is 12.8. The number of rotatable bonds is 3. The summed E-state index contributed by atoms with van der Waals surface area (Å²) in [7, 11) is 0. The molecule has 2 heterocycles. The molecule has 2 N–H and O–H groups in total. The minimum atomic E-state index is -1.14. The number of hydrogen-bond donors (Lipinski definition) is 2. The zero-order chi connectivity index (χ0) is 13.2. The number of aromatic carboxylic acids is 1. The number of carboxylic acid groups (broad SMARTS) is 1. The van der Waals surface area contributed by atoms with Crippen LogP contribution in [0.25, 0.3) is 11.0 Å². The van der Waals surface area contributed by atoms with E-state index in [1.807, 2.05) is 30.3 Å². The van der Waals surface area contributed by atoms with Gasteiger partial charge in [-0.25, -0.2) is 4.79 Å². The Kier molecular flexibility index (Phi) is 4.52. The number of fused-ring (bicyclic) bond motifs is 1. The summed E-state index contributed by atoms with van der Waals surface area (Å²) in [6, 6.07) is 12.0. The van der Waals surface area contributed by atoms with Crippen LogP contribution in [0.1, 0.15) is 10.6 Å². The monoisotopic (exact) mass is 342 g/mol. The van der Waals surface area contributed by atoms with E-state index in [1.165, 1.54) is 6.20 Å². The quantitative estimate of drug-likeness (QED) is 0.716. The van der Waals surface area contributed by atoms with Crippen LogP contribution >= 0.6 is 0 Å². The van der Waals surface area contributed by atoms with Crippen molar-refractivity contribution in [3.8, 4) is 0 Å².